The van der Waals surface area contributed by atoms with Crippen molar-refractivity contribution in [2.45, 2.75) is 18.5 Å². The van der Waals surface area contributed by atoms with Gasteiger partial charge in [0, 0.05) is 16.6 Å². The van der Waals surface area contributed by atoms with Crippen molar-refractivity contribution in [3.63, 3.8) is 0 Å². The van der Waals surface area contributed by atoms with Gasteiger partial charge in [0.2, 0.25) is 5.91 Å². The minimum Gasteiger partial charge on any atom is -0.495 e. The zero-order chi connectivity index (χ0) is 24.4. The van der Waals surface area contributed by atoms with Crippen molar-refractivity contribution in [2.24, 2.45) is 0 Å². The lowest BCUT2D eigenvalue weighted by molar-refractivity contribution is -0.113. The molecule has 0 unspecified atom stereocenters. The van der Waals surface area contributed by atoms with Gasteiger partial charge in [0.15, 0.2) is 5.16 Å². The summed E-state index contributed by atoms with van der Waals surface area (Å²) in [5.41, 5.74) is 4.05. The van der Waals surface area contributed by atoms with Crippen molar-refractivity contribution in [3.05, 3.63) is 88.7 Å². The second kappa shape index (κ2) is 9.68. The summed E-state index contributed by atoms with van der Waals surface area (Å²) >= 11 is 1.21. The first-order valence-corrected chi connectivity index (χ1v) is 12.3. The fourth-order valence-corrected chi connectivity index (χ4v) is 4.82. The van der Waals surface area contributed by atoms with Crippen molar-refractivity contribution in [1.29, 1.82) is 0 Å². The van der Waals surface area contributed by atoms with Crippen LogP contribution in [0.3, 0.4) is 0 Å². The van der Waals surface area contributed by atoms with E-state index in [4.69, 9.17) is 9.72 Å². The van der Waals surface area contributed by atoms with Gasteiger partial charge in [-0.15, -0.1) is 0 Å². The number of carbonyl (C=O) groups is 1. The number of benzene rings is 3. The lowest BCUT2D eigenvalue weighted by atomic mass is 10.1. The number of methoxy groups -OCH3 is 1. The van der Waals surface area contributed by atoms with Crippen molar-refractivity contribution in [3.8, 4) is 11.4 Å². The summed E-state index contributed by atoms with van der Waals surface area (Å²) in [5, 5.41) is 4.18. The number of anilines is 1. The van der Waals surface area contributed by atoms with E-state index in [1.54, 1.807) is 19.2 Å². The van der Waals surface area contributed by atoms with Crippen LogP contribution in [0.5, 0.6) is 5.75 Å². The molecule has 0 aliphatic carbocycles. The number of aromatic nitrogens is 3. The average molecular weight is 485 g/mol. The first kappa shape index (κ1) is 22.7. The number of carbonyl (C=O) groups excluding carboxylic acids is 1. The molecule has 2 heterocycles. The third-order valence-corrected chi connectivity index (χ3v) is 6.74. The SMILES string of the molecule is CCc1ccc(NC(=O)CSc2nc3c([nH]c4ccccc43)c(=O)n2-c2ccccc2OC)cc1. The number of aromatic amines is 1. The summed E-state index contributed by atoms with van der Waals surface area (Å²) < 4.78 is 7.02. The number of nitrogens with one attached hydrogen (secondary N) is 2. The maximum absolute atomic E-state index is 13.7. The molecule has 35 heavy (non-hydrogen) atoms. The molecule has 0 spiro atoms. The molecule has 0 aliphatic rings. The summed E-state index contributed by atoms with van der Waals surface area (Å²) in [6.07, 6.45) is 0.937. The van der Waals surface area contributed by atoms with Gasteiger partial charge in [0.1, 0.15) is 16.8 Å². The molecule has 0 saturated carbocycles. The van der Waals surface area contributed by atoms with Gasteiger partial charge in [-0.05, 0) is 42.3 Å². The van der Waals surface area contributed by atoms with E-state index >= 15 is 0 Å². The number of nitrogens with zero attached hydrogens (tertiary/aromatic N) is 2. The number of hydrogen-bond acceptors (Lipinski definition) is 5. The van der Waals surface area contributed by atoms with Gasteiger partial charge in [-0.3, -0.25) is 9.59 Å². The number of thioether (sulfide) groups is 1. The Morgan fingerprint density at radius 1 is 1.06 bits per heavy atom. The number of fused-ring (bicyclic) bond motifs is 3. The Morgan fingerprint density at radius 2 is 1.80 bits per heavy atom. The van der Waals surface area contributed by atoms with E-state index in [2.05, 4.69) is 17.2 Å². The Kier molecular flexibility index (Phi) is 6.29. The highest BCUT2D eigenvalue weighted by molar-refractivity contribution is 7.99. The number of ether oxygens (including phenoxy) is 1. The van der Waals surface area contributed by atoms with Crippen LogP contribution in [0.4, 0.5) is 5.69 Å². The molecule has 2 aromatic heterocycles. The largest absolute Gasteiger partial charge is 0.495 e. The lowest BCUT2D eigenvalue weighted by Crippen LogP contribution is -2.23. The van der Waals surface area contributed by atoms with Crippen LogP contribution in [0.25, 0.3) is 27.6 Å². The molecule has 2 N–H and O–H groups in total. The first-order chi connectivity index (χ1) is 17.1. The zero-order valence-corrected chi connectivity index (χ0v) is 20.2. The molecule has 3 aromatic carbocycles. The number of amides is 1. The third kappa shape index (κ3) is 4.40. The minimum atomic E-state index is -0.256. The van der Waals surface area contributed by atoms with Crippen LogP contribution in [0.1, 0.15) is 12.5 Å². The number of hydrogen-bond donors (Lipinski definition) is 2. The second-order valence-electron chi connectivity index (χ2n) is 7.99. The number of aryl methyl sites for hydroxylation is 1. The summed E-state index contributed by atoms with van der Waals surface area (Å²) in [4.78, 5) is 34.5. The molecule has 0 fully saturated rings. The van der Waals surface area contributed by atoms with E-state index in [0.29, 0.717) is 27.6 Å². The monoisotopic (exact) mass is 484 g/mol. The number of rotatable bonds is 7. The molecule has 0 atom stereocenters. The van der Waals surface area contributed by atoms with E-state index in [1.807, 2.05) is 60.7 Å². The summed E-state index contributed by atoms with van der Waals surface area (Å²) in [7, 11) is 1.56. The average Bonchev–Trinajstić information content (AvgIpc) is 3.27. The summed E-state index contributed by atoms with van der Waals surface area (Å²) in [6, 6.07) is 22.7. The third-order valence-electron chi connectivity index (χ3n) is 5.80. The van der Waals surface area contributed by atoms with E-state index in [9.17, 15) is 9.59 Å². The lowest BCUT2D eigenvalue weighted by Gasteiger charge is -2.15. The molecule has 176 valence electrons. The fourth-order valence-electron chi connectivity index (χ4n) is 4.02. The topological polar surface area (TPSA) is 89.0 Å². The van der Waals surface area contributed by atoms with Gasteiger partial charge >= 0.3 is 0 Å². The standard InChI is InChI=1S/C27H24N4O3S/c1-3-17-12-14-18(15-13-17)28-23(32)16-35-27-30-24-19-8-4-5-9-20(19)29-25(24)26(33)31(27)21-10-6-7-11-22(21)34-2/h4-15,29H,3,16H2,1-2H3,(H,28,32). The predicted molar refractivity (Wildman–Crippen MR) is 141 cm³/mol. The Labute approximate surface area is 206 Å². The van der Waals surface area contributed by atoms with Crippen molar-refractivity contribution in [1.82, 2.24) is 14.5 Å². The Bertz CT molecular complexity index is 1590. The van der Waals surface area contributed by atoms with Crippen LogP contribution in [0.2, 0.25) is 0 Å². The van der Waals surface area contributed by atoms with Gasteiger partial charge in [-0.25, -0.2) is 9.55 Å². The molecule has 0 saturated heterocycles. The quantitative estimate of drug-likeness (QED) is 0.246. The van der Waals surface area contributed by atoms with Crippen LogP contribution < -0.4 is 15.6 Å². The maximum Gasteiger partial charge on any atom is 0.283 e. The van der Waals surface area contributed by atoms with Gasteiger partial charge in [0.05, 0.1) is 18.6 Å². The van der Waals surface area contributed by atoms with Crippen LogP contribution >= 0.6 is 11.8 Å². The van der Waals surface area contributed by atoms with E-state index in [0.717, 1.165) is 23.0 Å². The van der Waals surface area contributed by atoms with E-state index in [-0.39, 0.29) is 17.2 Å². The van der Waals surface area contributed by atoms with Crippen molar-refractivity contribution >= 4 is 45.3 Å². The van der Waals surface area contributed by atoms with Gasteiger partial charge in [-0.1, -0.05) is 61.2 Å². The number of para-hydroxylation sites is 3. The fraction of sp³-hybridized carbons (Fsp3) is 0.148. The molecule has 5 rings (SSSR count). The van der Waals surface area contributed by atoms with E-state index in [1.165, 1.54) is 21.9 Å². The highest BCUT2D eigenvalue weighted by Gasteiger charge is 2.20. The Balaban J connectivity index is 1.55. The van der Waals surface area contributed by atoms with Crippen molar-refractivity contribution < 1.29 is 9.53 Å². The van der Waals surface area contributed by atoms with Crippen LogP contribution in [0.15, 0.2) is 82.7 Å². The zero-order valence-electron chi connectivity index (χ0n) is 19.4. The normalized spacial score (nSPS) is 11.1. The molecule has 0 aliphatic heterocycles. The first-order valence-electron chi connectivity index (χ1n) is 11.3. The predicted octanol–water partition coefficient (Wildman–Crippen LogP) is 5.17. The molecular weight excluding hydrogens is 460 g/mol. The Morgan fingerprint density at radius 3 is 2.57 bits per heavy atom. The van der Waals surface area contributed by atoms with E-state index < -0.39 is 0 Å². The van der Waals surface area contributed by atoms with Crippen molar-refractivity contribution in [2.75, 3.05) is 18.2 Å². The smallest absolute Gasteiger partial charge is 0.283 e. The van der Waals surface area contributed by atoms with Gasteiger partial charge in [0.25, 0.3) is 5.56 Å². The molecular formula is C27H24N4O3S. The molecule has 1 amide bonds. The minimum absolute atomic E-state index is 0.0883. The molecule has 0 radical (unpaired) electrons. The summed E-state index contributed by atoms with van der Waals surface area (Å²) in [6.45, 7) is 2.09. The maximum atomic E-state index is 13.7. The number of H-pyrrole nitrogens is 1. The van der Waals surface area contributed by atoms with Gasteiger partial charge < -0.3 is 15.0 Å². The van der Waals surface area contributed by atoms with Crippen LogP contribution in [-0.2, 0) is 11.2 Å². The molecule has 8 heteroatoms. The molecule has 7 nitrogen and oxygen atoms in total. The highest BCUT2D eigenvalue weighted by atomic mass is 32.2. The van der Waals surface area contributed by atoms with Gasteiger partial charge in [-0.2, -0.15) is 0 Å². The highest BCUT2D eigenvalue weighted by Crippen LogP contribution is 2.29. The Hall–Kier alpha value is -4.04. The van der Waals surface area contributed by atoms with Crippen LogP contribution in [0, 0.1) is 0 Å². The van der Waals surface area contributed by atoms with Crippen LogP contribution in [-0.4, -0.2) is 33.3 Å². The molecule has 0 bridgehead atoms. The second-order valence-corrected chi connectivity index (χ2v) is 8.93. The summed E-state index contributed by atoms with van der Waals surface area (Å²) in [5.74, 6) is 0.443. The molecule has 5 aromatic rings.